The summed E-state index contributed by atoms with van der Waals surface area (Å²) >= 11 is 0. The Bertz CT molecular complexity index is 1050. The third kappa shape index (κ3) is 3.95. The normalized spacial score (nSPS) is 17.6. The highest BCUT2D eigenvalue weighted by molar-refractivity contribution is 7.89. The maximum absolute atomic E-state index is 12.6. The third-order valence-corrected chi connectivity index (χ3v) is 7.00. The van der Waals surface area contributed by atoms with Crippen LogP contribution in [0.1, 0.15) is 28.8 Å². The van der Waals surface area contributed by atoms with Gasteiger partial charge in [-0.05, 0) is 43.2 Å². The summed E-state index contributed by atoms with van der Waals surface area (Å²) in [7, 11) is -3.48. The van der Waals surface area contributed by atoms with E-state index < -0.39 is 10.0 Å². The minimum Gasteiger partial charge on any atom is -0.471 e. The predicted molar refractivity (Wildman–Crippen MR) is 104 cm³/mol. The van der Waals surface area contributed by atoms with E-state index in [0.29, 0.717) is 43.2 Å². The molecule has 8 nitrogen and oxygen atoms in total. The number of ether oxygens (including phenoxy) is 1. The Morgan fingerprint density at radius 2 is 1.83 bits per heavy atom. The molecular weight excluding hydrogens is 392 g/mol. The number of rotatable bonds is 5. The van der Waals surface area contributed by atoms with Crippen molar-refractivity contribution in [3.8, 4) is 11.9 Å². The number of pyridine rings is 1. The van der Waals surface area contributed by atoms with Crippen molar-refractivity contribution in [2.24, 2.45) is 0 Å². The van der Waals surface area contributed by atoms with Crippen molar-refractivity contribution in [1.82, 2.24) is 14.2 Å². The molecule has 0 unspecified atom stereocenters. The summed E-state index contributed by atoms with van der Waals surface area (Å²) in [5, 5.41) is 8.91. The van der Waals surface area contributed by atoms with Crippen molar-refractivity contribution in [2.45, 2.75) is 23.8 Å². The van der Waals surface area contributed by atoms with Crippen LogP contribution in [0, 0.1) is 11.3 Å². The van der Waals surface area contributed by atoms with Crippen molar-refractivity contribution in [3.05, 3.63) is 53.7 Å². The van der Waals surface area contributed by atoms with Crippen LogP contribution in [0.2, 0.25) is 0 Å². The fraction of sp³-hybridized carbons (Fsp3) is 0.350. The Morgan fingerprint density at radius 1 is 1.14 bits per heavy atom. The van der Waals surface area contributed by atoms with Crippen molar-refractivity contribution >= 4 is 15.9 Å². The molecule has 0 spiro atoms. The fourth-order valence-electron chi connectivity index (χ4n) is 3.42. The van der Waals surface area contributed by atoms with Gasteiger partial charge in [-0.15, -0.1) is 0 Å². The Labute approximate surface area is 169 Å². The number of nitriles is 1. The molecule has 29 heavy (non-hydrogen) atoms. The molecule has 1 aromatic carbocycles. The van der Waals surface area contributed by atoms with Crippen LogP contribution in [-0.4, -0.2) is 60.8 Å². The van der Waals surface area contributed by atoms with E-state index in [1.807, 2.05) is 6.07 Å². The van der Waals surface area contributed by atoms with Crippen LogP contribution in [0.5, 0.6) is 5.88 Å². The molecule has 2 fully saturated rings. The summed E-state index contributed by atoms with van der Waals surface area (Å²) in [6.07, 6.45) is 3.08. The predicted octanol–water partition coefficient (Wildman–Crippen LogP) is 1.64. The van der Waals surface area contributed by atoms with Gasteiger partial charge in [0.25, 0.3) is 5.91 Å². The lowest BCUT2D eigenvalue weighted by atomic mass is 10.1. The molecule has 9 heteroatoms. The van der Waals surface area contributed by atoms with Crippen molar-refractivity contribution in [3.63, 3.8) is 0 Å². The molecular formula is C20H20N4O4S. The van der Waals surface area contributed by atoms with Gasteiger partial charge in [0.05, 0.1) is 29.6 Å². The maximum Gasteiger partial charge on any atom is 0.254 e. The van der Waals surface area contributed by atoms with Crippen LogP contribution < -0.4 is 4.74 Å². The monoisotopic (exact) mass is 412 g/mol. The number of carbonyl (C=O) groups is 1. The first-order valence-electron chi connectivity index (χ1n) is 9.40. The van der Waals surface area contributed by atoms with Crippen LogP contribution in [0.15, 0.2) is 47.5 Å². The number of likely N-dealkylation sites (tertiary alicyclic amines) is 1. The second-order valence-corrected chi connectivity index (χ2v) is 9.02. The molecule has 2 aromatic rings. The number of benzene rings is 1. The zero-order valence-corrected chi connectivity index (χ0v) is 16.5. The van der Waals surface area contributed by atoms with Gasteiger partial charge >= 0.3 is 0 Å². The number of carbonyl (C=O) groups excluding carboxylic acids is 1. The number of nitrogens with zero attached hydrogens (tertiary/aromatic N) is 4. The third-order valence-electron chi connectivity index (χ3n) is 5.09. The van der Waals surface area contributed by atoms with E-state index in [1.165, 1.54) is 22.6 Å². The van der Waals surface area contributed by atoms with Crippen LogP contribution >= 0.6 is 0 Å². The molecule has 3 heterocycles. The fourth-order valence-corrected chi connectivity index (χ4v) is 4.94. The molecule has 0 atom stereocenters. The highest BCUT2D eigenvalue weighted by atomic mass is 32.2. The van der Waals surface area contributed by atoms with Gasteiger partial charge in [-0.25, -0.2) is 13.4 Å². The van der Waals surface area contributed by atoms with E-state index in [1.54, 1.807) is 29.2 Å². The summed E-state index contributed by atoms with van der Waals surface area (Å²) in [5.41, 5.74) is 0.902. The van der Waals surface area contributed by atoms with Gasteiger partial charge in [-0.3, -0.25) is 4.79 Å². The minimum atomic E-state index is -3.48. The van der Waals surface area contributed by atoms with Gasteiger partial charge in [0.1, 0.15) is 6.10 Å². The topological polar surface area (TPSA) is 104 Å². The van der Waals surface area contributed by atoms with E-state index in [0.717, 1.165) is 12.8 Å². The Balaban J connectivity index is 1.35. The molecule has 150 valence electrons. The van der Waals surface area contributed by atoms with Gasteiger partial charge in [-0.2, -0.15) is 9.57 Å². The molecule has 0 aliphatic carbocycles. The molecule has 0 bridgehead atoms. The molecule has 2 aliphatic heterocycles. The van der Waals surface area contributed by atoms with Crippen LogP contribution in [0.4, 0.5) is 0 Å². The molecule has 4 rings (SSSR count). The van der Waals surface area contributed by atoms with Crippen LogP contribution in [-0.2, 0) is 10.0 Å². The lowest BCUT2D eigenvalue weighted by molar-refractivity contribution is 0.0160. The van der Waals surface area contributed by atoms with Crippen LogP contribution in [0.25, 0.3) is 0 Å². The van der Waals surface area contributed by atoms with E-state index in [2.05, 4.69) is 4.98 Å². The van der Waals surface area contributed by atoms with Crippen molar-refractivity contribution in [2.75, 3.05) is 26.2 Å². The van der Waals surface area contributed by atoms with E-state index in [9.17, 15) is 13.2 Å². The molecule has 0 saturated carbocycles. The average Bonchev–Trinajstić information content (AvgIpc) is 3.26. The lowest BCUT2D eigenvalue weighted by Gasteiger charge is -2.38. The number of amides is 1. The average molecular weight is 412 g/mol. The van der Waals surface area contributed by atoms with E-state index in [4.69, 9.17) is 10.00 Å². The summed E-state index contributed by atoms with van der Waals surface area (Å²) in [5.74, 6) is 0.186. The SMILES string of the molecule is N#Cc1ccnc(OC2CN(C(=O)c3ccc(S(=O)(=O)N4CCCC4)cc3)C2)c1. The first-order valence-corrected chi connectivity index (χ1v) is 10.8. The summed E-state index contributed by atoms with van der Waals surface area (Å²) < 4.78 is 32.3. The zero-order chi connectivity index (χ0) is 20.4. The molecule has 2 aliphatic rings. The number of sulfonamides is 1. The zero-order valence-electron chi connectivity index (χ0n) is 15.7. The maximum atomic E-state index is 12.6. The highest BCUT2D eigenvalue weighted by Gasteiger charge is 2.33. The Morgan fingerprint density at radius 3 is 2.48 bits per heavy atom. The van der Waals surface area contributed by atoms with E-state index in [-0.39, 0.29) is 16.9 Å². The van der Waals surface area contributed by atoms with Gasteiger partial charge in [0, 0.05) is 30.9 Å². The molecule has 0 N–H and O–H groups in total. The van der Waals surface area contributed by atoms with E-state index >= 15 is 0 Å². The number of hydrogen-bond acceptors (Lipinski definition) is 6. The molecule has 2 saturated heterocycles. The van der Waals surface area contributed by atoms with Gasteiger partial charge in [0.2, 0.25) is 15.9 Å². The minimum absolute atomic E-state index is 0.172. The summed E-state index contributed by atoms with van der Waals surface area (Å²) in [6, 6.07) is 11.3. The number of hydrogen-bond donors (Lipinski definition) is 0. The molecule has 1 amide bonds. The Hall–Kier alpha value is -2.96. The Kier molecular flexibility index (Phi) is 5.22. The smallest absolute Gasteiger partial charge is 0.254 e. The van der Waals surface area contributed by atoms with Gasteiger partial charge in [-0.1, -0.05) is 0 Å². The number of aromatic nitrogens is 1. The summed E-state index contributed by atoms with van der Waals surface area (Å²) in [6.45, 7) is 1.91. The second kappa shape index (κ2) is 7.81. The second-order valence-electron chi connectivity index (χ2n) is 7.08. The molecule has 1 aromatic heterocycles. The lowest BCUT2D eigenvalue weighted by Crippen LogP contribution is -2.56. The quantitative estimate of drug-likeness (QED) is 0.740. The summed E-state index contributed by atoms with van der Waals surface area (Å²) in [4.78, 5) is 18.5. The van der Waals surface area contributed by atoms with Gasteiger partial charge < -0.3 is 9.64 Å². The molecule has 0 radical (unpaired) electrons. The first-order chi connectivity index (χ1) is 14.0. The standard InChI is InChI=1S/C20H20N4O4S/c21-12-15-7-8-22-19(11-15)28-17-13-23(14-17)20(25)16-3-5-18(6-4-16)29(26,27)24-9-1-2-10-24/h3-8,11,17H,1-2,9-10,13-14H2. The largest absolute Gasteiger partial charge is 0.471 e. The first kappa shape index (κ1) is 19.4. The van der Waals surface area contributed by atoms with Gasteiger partial charge in [0.15, 0.2) is 0 Å². The van der Waals surface area contributed by atoms with Crippen molar-refractivity contribution in [1.29, 1.82) is 5.26 Å². The van der Waals surface area contributed by atoms with Crippen molar-refractivity contribution < 1.29 is 17.9 Å². The highest BCUT2D eigenvalue weighted by Crippen LogP contribution is 2.23. The van der Waals surface area contributed by atoms with Crippen LogP contribution in [0.3, 0.4) is 0 Å².